The minimum Gasteiger partial charge on any atom is -0.365 e. The van der Waals surface area contributed by atoms with Crippen LogP contribution in [0.3, 0.4) is 0 Å². The molecule has 0 saturated carbocycles. The van der Waals surface area contributed by atoms with E-state index in [2.05, 4.69) is 17.4 Å². The number of nitrogens with zero attached hydrogens (tertiary/aromatic N) is 1. The van der Waals surface area contributed by atoms with Gasteiger partial charge in [0.25, 0.3) is 5.91 Å². The number of primary amides is 1. The molecule has 2 amide bonds. The van der Waals surface area contributed by atoms with Crippen LogP contribution in [-0.4, -0.2) is 17.0 Å². The van der Waals surface area contributed by atoms with Gasteiger partial charge in [0, 0.05) is 10.3 Å². The summed E-state index contributed by atoms with van der Waals surface area (Å²) in [5.41, 5.74) is 10.5. The van der Waals surface area contributed by atoms with E-state index >= 15 is 0 Å². The average Bonchev–Trinajstić information content (AvgIpc) is 3.15. The van der Waals surface area contributed by atoms with Crippen molar-refractivity contribution in [1.29, 1.82) is 0 Å². The summed E-state index contributed by atoms with van der Waals surface area (Å²) >= 11 is 1.47. The maximum atomic E-state index is 12.7. The van der Waals surface area contributed by atoms with Crippen LogP contribution >= 0.6 is 11.3 Å². The van der Waals surface area contributed by atoms with Crippen LogP contribution in [0.25, 0.3) is 11.0 Å². The van der Waals surface area contributed by atoms with E-state index in [9.17, 15) is 9.59 Å². The molecule has 1 aliphatic carbocycles. The Morgan fingerprint density at radius 3 is 2.89 bits per heavy atom. The van der Waals surface area contributed by atoms with Crippen molar-refractivity contribution >= 4 is 39.1 Å². The highest BCUT2D eigenvalue weighted by Gasteiger charge is 2.27. The van der Waals surface area contributed by atoms with Gasteiger partial charge in [-0.2, -0.15) is 0 Å². The molecule has 1 aromatic carbocycles. The number of thiophene rings is 1. The Kier molecular flexibility index (Phi) is 4.71. The van der Waals surface area contributed by atoms with Crippen LogP contribution in [0.15, 0.2) is 16.7 Å². The molecule has 0 spiro atoms. The summed E-state index contributed by atoms with van der Waals surface area (Å²) in [6.45, 7) is 6.17. The second-order valence-corrected chi connectivity index (χ2v) is 8.83. The summed E-state index contributed by atoms with van der Waals surface area (Å²) in [6.07, 6.45) is 2.85. The van der Waals surface area contributed by atoms with E-state index in [0.29, 0.717) is 27.8 Å². The first kappa shape index (κ1) is 18.7. The van der Waals surface area contributed by atoms with E-state index in [0.717, 1.165) is 46.2 Å². The number of benzene rings is 1. The first-order valence-electron chi connectivity index (χ1n) is 9.43. The lowest BCUT2D eigenvalue weighted by molar-refractivity contribution is -0.115. The zero-order chi connectivity index (χ0) is 20.0. The second kappa shape index (κ2) is 7.05. The first-order valence-corrected chi connectivity index (χ1v) is 10.2. The van der Waals surface area contributed by atoms with E-state index in [1.807, 2.05) is 26.0 Å². The molecule has 3 aromatic rings. The zero-order valence-electron chi connectivity index (χ0n) is 16.2. The van der Waals surface area contributed by atoms with Crippen LogP contribution < -0.4 is 11.1 Å². The maximum absolute atomic E-state index is 12.7. The van der Waals surface area contributed by atoms with Crippen molar-refractivity contribution in [3.05, 3.63) is 45.0 Å². The molecule has 0 aliphatic heterocycles. The van der Waals surface area contributed by atoms with E-state index in [1.54, 1.807) is 0 Å². The van der Waals surface area contributed by atoms with Crippen LogP contribution in [0.5, 0.6) is 0 Å². The van der Waals surface area contributed by atoms with Crippen LogP contribution in [0.1, 0.15) is 51.0 Å². The predicted molar refractivity (Wildman–Crippen MR) is 110 cm³/mol. The van der Waals surface area contributed by atoms with Crippen LogP contribution in [0.2, 0.25) is 0 Å². The smallest absolute Gasteiger partial charge is 0.251 e. The Bertz CT molecular complexity index is 1100. The number of hydrogen-bond acceptors (Lipinski definition) is 5. The molecule has 0 radical (unpaired) electrons. The fraction of sp³-hybridized carbons (Fsp3) is 0.381. The summed E-state index contributed by atoms with van der Waals surface area (Å²) < 4.78 is 5.40. The molecule has 0 fully saturated rings. The van der Waals surface area contributed by atoms with Gasteiger partial charge >= 0.3 is 0 Å². The molecule has 3 N–H and O–H groups in total. The number of amides is 2. The third-order valence-electron chi connectivity index (χ3n) is 5.33. The third kappa shape index (κ3) is 3.30. The highest BCUT2D eigenvalue weighted by atomic mass is 32.1. The normalized spacial score (nSPS) is 16.2. The Morgan fingerprint density at radius 2 is 2.14 bits per heavy atom. The topological polar surface area (TPSA) is 98.2 Å². The van der Waals surface area contributed by atoms with Gasteiger partial charge in [-0.1, -0.05) is 18.1 Å². The quantitative estimate of drug-likeness (QED) is 0.697. The number of aromatic nitrogens is 1. The number of anilines is 1. The third-order valence-corrected chi connectivity index (χ3v) is 6.50. The standard InChI is InChI=1S/C21H23N3O3S/c1-10-4-5-13-16(8-10)28-21(19(13)20(22)26)23-17(25)9-14-18-12(3)6-11(2)7-15(18)27-24-14/h6-7,10H,4-5,8-9H2,1-3H3,(H2,22,26)(H,23,25). The SMILES string of the molecule is Cc1cc(C)c2c(CC(=O)Nc3sc4c(c3C(N)=O)CCC(C)C4)noc2c1. The predicted octanol–water partition coefficient (Wildman–Crippen LogP) is 3.91. The Balaban J connectivity index is 1.61. The number of carbonyl (C=O) groups excluding carboxylic acids is 2. The minimum absolute atomic E-state index is 0.0775. The highest BCUT2D eigenvalue weighted by molar-refractivity contribution is 7.17. The molecule has 0 saturated heterocycles. The summed E-state index contributed by atoms with van der Waals surface area (Å²) in [5, 5.41) is 8.41. The molecule has 146 valence electrons. The first-order chi connectivity index (χ1) is 13.3. The molecule has 1 aliphatic rings. The minimum atomic E-state index is -0.486. The molecule has 0 bridgehead atoms. The van der Waals surface area contributed by atoms with Crippen LogP contribution in [-0.2, 0) is 24.1 Å². The van der Waals surface area contributed by atoms with Gasteiger partial charge in [0.05, 0.1) is 12.0 Å². The van der Waals surface area contributed by atoms with E-state index in [1.165, 1.54) is 11.3 Å². The van der Waals surface area contributed by atoms with Crippen molar-refractivity contribution in [3.8, 4) is 0 Å². The van der Waals surface area contributed by atoms with Gasteiger partial charge in [-0.3, -0.25) is 9.59 Å². The molecule has 6 nitrogen and oxygen atoms in total. The lowest BCUT2D eigenvalue weighted by atomic mass is 9.88. The van der Waals surface area contributed by atoms with Crippen molar-refractivity contribution < 1.29 is 14.1 Å². The van der Waals surface area contributed by atoms with Gasteiger partial charge in [0.2, 0.25) is 5.91 Å². The molecule has 2 aromatic heterocycles. The Hall–Kier alpha value is -2.67. The highest BCUT2D eigenvalue weighted by Crippen LogP contribution is 2.39. The van der Waals surface area contributed by atoms with Crippen molar-refractivity contribution in [2.45, 2.75) is 46.5 Å². The van der Waals surface area contributed by atoms with Crippen molar-refractivity contribution in [2.24, 2.45) is 11.7 Å². The molecule has 2 heterocycles. The van der Waals surface area contributed by atoms with Crippen molar-refractivity contribution in [1.82, 2.24) is 5.16 Å². The molecule has 1 atom stereocenters. The summed E-state index contributed by atoms with van der Waals surface area (Å²) in [4.78, 5) is 25.9. The van der Waals surface area contributed by atoms with E-state index in [-0.39, 0.29) is 12.3 Å². The molecule has 7 heteroatoms. The van der Waals surface area contributed by atoms with Crippen LogP contribution in [0, 0.1) is 19.8 Å². The molecule has 28 heavy (non-hydrogen) atoms. The summed E-state index contributed by atoms with van der Waals surface area (Å²) in [5.74, 6) is -0.145. The zero-order valence-corrected chi connectivity index (χ0v) is 17.0. The summed E-state index contributed by atoms with van der Waals surface area (Å²) in [6, 6.07) is 3.96. The largest absolute Gasteiger partial charge is 0.365 e. The molecular weight excluding hydrogens is 374 g/mol. The van der Waals surface area contributed by atoms with Gasteiger partial charge in [0.15, 0.2) is 5.58 Å². The number of aryl methyl sites for hydroxylation is 2. The maximum Gasteiger partial charge on any atom is 0.251 e. The fourth-order valence-electron chi connectivity index (χ4n) is 4.06. The molecular formula is C21H23N3O3S. The van der Waals surface area contributed by atoms with Gasteiger partial charge in [-0.05, 0) is 61.8 Å². The molecule has 4 rings (SSSR count). The van der Waals surface area contributed by atoms with E-state index in [4.69, 9.17) is 10.3 Å². The van der Waals surface area contributed by atoms with Crippen molar-refractivity contribution in [2.75, 3.05) is 5.32 Å². The summed E-state index contributed by atoms with van der Waals surface area (Å²) in [7, 11) is 0. The number of nitrogens with one attached hydrogen (secondary N) is 1. The fourth-order valence-corrected chi connectivity index (χ4v) is 5.50. The number of hydrogen-bond donors (Lipinski definition) is 2. The van der Waals surface area contributed by atoms with Gasteiger partial charge < -0.3 is 15.6 Å². The second-order valence-electron chi connectivity index (χ2n) is 7.73. The van der Waals surface area contributed by atoms with Gasteiger partial charge in [-0.25, -0.2) is 0 Å². The number of rotatable bonds is 4. The molecule has 1 unspecified atom stereocenters. The number of nitrogens with two attached hydrogens (primary N) is 1. The number of fused-ring (bicyclic) bond motifs is 2. The lowest BCUT2D eigenvalue weighted by Crippen LogP contribution is -2.20. The number of carbonyl (C=O) groups is 2. The van der Waals surface area contributed by atoms with Gasteiger partial charge in [-0.15, -0.1) is 11.3 Å². The Morgan fingerprint density at radius 1 is 1.36 bits per heavy atom. The van der Waals surface area contributed by atoms with E-state index < -0.39 is 5.91 Å². The van der Waals surface area contributed by atoms with Crippen LogP contribution in [0.4, 0.5) is 5.00 Å². The lowest BCUT2D eigenvalue weighted by Gasteiger charge is -2.18. The van der Waals surface area contributed by atoms with Crippen molar-refractivity contribution in [3.63, 3.8) is 0 Å². The van der Waals surface area contributed by atoms with Gasteiger partial charge in [0.1, 0.15) is 10.7 Å². The monoisotopic (exact) mass is 397 g/mol. The Labute approximate surface area is 167 Å². The average molecular weight is 398 g/mol.